The fourth-order valence-electron chi connectivity index (χ4n) is 2.18. The van der Waals surface area contributed by atoms with Gasteiger partial charge >= 0.3 is 0 Å². The minimum absolute atomic E-state index is 0.0450. The zero-order chi connectivity index (χ0) is 16.0. The molecule has 2 atom stereocenters. The van der Waals surface area contributed by atoms with E-state index in [1.807, 2.05) is 32.9 Å². The highest BCUT2D eigenvalue weighted by Crippen LogP contribution is 2.14. The van der Waals surface area contributed by atoms with Gasteiger partial charge in [-0.15, -0.1) is 0 Å². The Bertz CT molecular complexity index is 480. The Morgan fingerprint density at radius 1 is 1.05 bits per heavy atom. The quantitative estimate of drug-likeness (QED) is 0.846. The third kappa shape index (κ3) is 5.21. The normalized spacial score (nSPS) is 13.6. The van der Waals surface area contributed by atoms with Gasteiger partial charge in [0.25, 0.3) is 0 Å². The van der Waals surface area contributed by atoms with E-state index in [2.05, 4.69) is 29.7 Å². The molecule has 0 spiro atoms. The zero-order valence-corrected chi connectivity index (χ0v) is 13.6. The van der Waals surface area contributed by atoms with Crippen LogP contribution in [0.4, 0.5) is 0 Å². The van der Waals surface area contributed by atoms with Gasteiger partial charge in [0, 0.05) is 6.92 Å². The van der Waals surface area contributed by atoms with Crippen LogP contribution in [0.2, 0.25) is 0 Å². The van der Waals surface area contributed by atoms with E-state index in [9.17, 15) is 9.59 Å². The standard InChI is InChI=1S/C17H26N2O2/c1-6-14-7-9-15(10-8-14)12(4)18-17(21)16(11(2)3)19-13(5)20/h7-12,16H,6H2,1-5H3,(H,18,21)(H,19,20). The summed E-state index contributed by atoms with van der Waals surface area (Å²) in [4.78, 5) is 23.5. The minimum Gasteiger partial charge on any atom is -0.348 e. The number of hydrogen-bond donors (Lipinski definition) is 2. The predicted molar refractivity (Wildman–Crippen MR) is 84.8 cm³/mol. The van der Waals surface area contributed by atoms with Gasteiger partial charge in [0.1, 0.15) is 6.04 Å². The highest BCUT2D eigenvalue weighted by atomic mass is 16.2. The summed E-state index contributed by atoms with van der Waals surface area (Å²) >= 11 is 0. The summed E-state index contributed by atoms with van der Waals surface area (Å²) in [7, 11) is 0. The van der Waals surface area contributed by atoms with Gasteiger partial charge in [0.15, 0.2) is 0 Å². The molecule has 0 radical (unpaired) electrons. The maximum atomic E-state index is 12.3. The molecular weight excluding hydrogens is 264 g/mol. The van der Waals surface area contributed by atoms with Crippen LogP contribution in [0, 0.1) is 5.92 Å². The van der Waals surface area contributed by atoms with E-state index < -0.39 is 6.04 Å². The van der Waals surface area contributed by atoms with Crippen LogP contribution in [0.5, 0.6) is 0 Å². The van der Waals surface area contributed by atoms with Crippen LogP contribution in [-0.4, -0.2) is 17.9 Å². The first-order chi connectivity index (χ1) is 9.85. The van der Waals surface area contributed by atoms with Gasteiger partial charge in [0.2, 0.25) is 11.8 Å². The van der Waals surface area contributed by atoms with E-state index in [4.69, 9.17) is 0 Å². The lowest BCUT2D eigenvalue weighted by molar-refractivity contribution is -0.129. The number of benzene rings is 1. The number of carbonyl (C=O) groups excluding carboxylic acids is 2. The second-order valence-electron chi connectivity index (χ2n) is 5.75. The highest BCUT2D eigenvalue weighted by molar-refractivity contribution is 5.87. The summed E-state index contributed by atoms with van der Waals surface area (Å²) in [6, 6.07) is 7.63. The second kappa shape index (κ2) is 7.81. The second-order valence-corrected chi connectivity index (χ2v) is 5.75. The van der Waals surface area contributed by atoms with Crippen LogP contribution >= 0.6 is 0 Å². The van der Waals surface area contributed by atoms with Crippen molar-refractivity contribution < 1.29 is 9.59 Å². The van der Waals surface area contributed by atoms with Crippen molar-refractivity contribution in [2.45, 2.75) is 53.1 Å². The van der Waals surface area contributed by atoms with Crippen molar-refractivity contribution in [1.82, 2.24) is 10.6 Å². The predicted octanol–water partition coefficient (Wildman–Crippen LogP) is 2.59. The average Bonchev–Trinajstić information content (AvgIpc) is 2.44. The molecule has 0 fully saturated rings. The first kappa shape index (κ1) is 17.2. The molecule has 0 aliphatic carbocycles. The summed E-state index contributed by atoms with van der Waals surface area (Å²) in [5.41, 5.74) is 2.33. The van der Waals surface area contributed by atoms with Gasteiger partial charge in [-0.1, -0.05) is 45.0 Å². The molecule has 0 aromatic heterocycles. The lowest BCUT2D eigenvalue weighted by atomic mass is 10.0. The summed E-state index contributed by atoms with van der Waals surface area (Å²) in [5.74, 6) is -0.292. The SMILES string of the molecule is CCc1ccc(C(C)NC(=O)C(NC(C)=O)C(C)C)cc1. The van der Waals surface area contributed by atoms with Gasteiger partial charge in [0.05, 0.1) is 6.04 Å². The van der Waals surface area contributed by atoms with Crippen LogP contribution in [-0.2, 0) is 16.0 Å². The molecule has 1 rings (SSSR count). The molecular formula is C17H26N2O2. The first-order valence-electron chi connectivity index (χ1n) is 7.51. The third-order valence-corrected chi connectivity index (χ3v) is 3.55. The van der Waals surface area contributed by atoms with Gasteiger partial charge in [-0.2, -0.15) is 0 Å². The highest BCUT2D eigenvalue weighted by Gasteiger charge is 2.24. The monoisotopic (exact) mass is 290 g/mol. The molecule has 2 N–H and O–H groups in total. The number of rotatable bonds is 6. The number of nitrogens with one attached hydrogen (secondary N) is 2. The molecule has 2 unspecified atom stereocenters. The van der Waals surface area contributed by atoms with Crippen molar-refractivity contribution in [2.24, 2.45) is 5.92 Å². The topological polar surface area (TPSA) is 58.2 Å². The van der Waals surface area contributed by atoms with Gasteiger partial charge in [-0.05, 0) is 30.4 Å². The molecule has 4 heteroatoms. The molecule has 0 heterocycles. The Labute approximate surface area is 127 Å². The van der Waals surface area contributed by atoms with Crippen LogP contribution < -0.4 is 10.6 Å². The Balaban J connectivity index is 2.72. The van der Waals surface area contributed by atoms with Crippen LogP contribution in [0.15, 0.2) is 24.3 Å². The fraction of sp³-hybridized carbons (Fsp3) is 0.529. The van der Waals surface area contributed by atoms with E-state index in [1.54, 1.807) is 0 Å². The Hall–Kier alpha value is -1.84. The molecule has 2 amide bonds. The van der Waals surface area contributed by atoms with Gasteiger partial charge in [-0.25, -0.2) is 0 Å². The maximum Gasteiger partial charge on any atom is 0.243 e. The van der Waals surface area contributed by atoms with Gasteiger partial charge in [-0.3, -0.25) is 9.59 Å². The minimum atomic E-state index is -0.500. The Morgan fingerprint density at radius 2 is 1.62 bits per heavy atom. The van der Waals surface area contributed by atoms with Crippen molar-refractivity contribution in [3.05, 3.63) is 35.4 Å². The molecule has 1 aromatic rings. The van der Waals surface area contributed by atoms with E-state index in [0.29, 0.717) is 0 Å². The summed E-state index contributed by atoms with van der Waals surface area (Å²) in [5, 5.41) is 5.67. The molecule has 0 aliphatic rings. The van der Waals surface area contributed by atoms with Crippen molar-refractivity contribution in [2.75, 3.05) is 0 Å². The lowest BCUT2D eigenvalue weighted by Crippen LogP contribution is -2.49. The fourth-order valence-corrected chi connectivity index (χ4v) is 2.18. The third-order valence-electron chi connectivity index (χ3n) is 3.55. The molecule has 0 bridgehead atoms. The summed E-state index contributed by atoms with van der Waals surface area (Å²) < 4.78 is 0. The zero-order valence-electron chi connectivity index (χ0n) is 13.6. The number of carbonyl (C=O) groups is 2. The van der Waals surface area contributed by atoms with Gasteiger partial charge < -0.3 is 10.6 Å². The summed E-state index contributed by atoms with van der Waals surface area (Å²) in [6.45, 7) is 9.32. The smallest absolute Gasteiger partial charge is 0.243 e. The van der Waals surface area contributed by atoms with Crippen molar-refractivity contribution >= 4 is 11.8 Å². The van der Waals surface area contributed by atoms with E-state index >= 15 is 0 Å². The summed E-state index contributed by atoms with van der Waals surface area (Å²) in [6.07, 6.45) is 0.999. The number of aryl methyl sites for hydroxylation is 1. The van der Waals surface area contributed by atoms with E-state index in [1.165, 1.54) is 12.5 Å². The van der Waals surface area contributed by atoms with E-state index in [-0.39, 0.29) is 23.8 Å². The van der Waals surface area contributed by atoms with Crippen molar-refractivity contribution in [3.63, 3.8) is 0 Å². The van der Waals surface area contributed by atoms with Crippen LogP contribution in [0.3, 0.4) is 0 Å². The molecule has 0 aliphatic heterocycles. The molecule has 116 valence electrons. The van der Waals surface area contributed by atoms with Crippen LogP contribution in [0.1, 0.15) is 51.8 Å². The first-order valence-corrected chi connectivity index (χ1v) is 7.51. The van der Waals surface area contributed by atoms with Crippen molar-refractivity contribution in [3.8, 4) is 0 Å². The average molecular weight is 290 g/mol. The van der Waals surface area contributed by atoms with Crippen LogP contribution in [0.25, 0.3) is 0 Å². The Morgan fingerprint density at radius 3 is 2.05 bits per heavy atom. The molecule has 0 saturated carbocycles. The molecule has 4 nitrogen and oxygen atoms in total. The number of amides is 2. The number of hydrogen-bond acceptors (Lipinski definition) is 2. The van der Waals surface area contributed by atoms with Crippen molar-refractivity contribution in [1.29, 1.82) is 0 Å². The largest absolute Gasteiger partial charge is 0.348 e. The van der Waals surface area contributed by atoms with E-state index in [0.717, 1.165) is 12.0 Å². The lowest BCUT2D eigenvalue weighted by Gasteiger charge is -2.23. The molecule has 21 heavy (non-hydrogen) atoms. The molecule has 1 aromatic carbocycles. The Kier molecular flexibility index (Phi) is 6.40. The maximum absolute atomic E-state index is 12.3. The molecule has 0 saturated heterocycles.